The second-order valence-electron chi connectivity index (χ2n) is 7.89. The lowest BCUT2D eigenvalue weighted by Crippen LogP contribution is -2.25. The van der Waals surface area contributed by atoms with Crippen molar-refractivity contribution in [1.82, 2.24) is 5.32 Å². The Kier molecular flexibility index (Phi) is 6.16. The second-order valence-corrected chi connectivity index (χ2v) is 9.91. The minimum absolute atomic E-state index is 0.259. The maximum absolute atomic E-state index is 13.5. The maximum atomic E-state index is 13.5. The Labute approximate surface area is 197 Å². The van der Waals surface area contributed by atoms with Crippen molar-refractivity contribution in [3.63, 3.8) is 0 Å². The molecule has 34 heavy (non-hydrogen) atoms. The molecule has 3 N–H and O–H groups in total. The molecule has 0 saturated carbocycles. The third kappa shape index (κ3) is 4.27. The van der Waals surface area contributed by atoms with Gasteiger partial charge in [0.25, 0.3) is 5.91 Å². The number of hydrogen-bond acceptors (Lipinski definition) is 5. The van der Waals surface area contributed by atoms with Gasteiger partial charge in [-0.15, -0.1) is 0 Å². The fourth-order valence-electron chi connectivity index (χ4n) is 3.82. The first-order chi connectivity index (χ1) is 16.1. The largest absolute Gasteiger partial charge is 0.455 e. The summed E-state index contributed by atoms with van der Waals surface area (Å²) in [7, 11) is -0.644. The minimum atomic E-state index is -3.61. The number of rotatable bonds is 6. The number of amides is 1. The van der Waals surface area contributed by atoms with E-state index in [1.165, 1.54) is 38.4 Å². The summed E-state index contributed by atoms with van der Waals surface area (Å²) < 4.78 is 45.6. The lowest BCUT2D eigenvalue weighted by Gasteiger charge is -2.21. The third-order valence-corrected chi connectivity index (χ3v) is 6.87. The van der Waals surface area contributed by atoms with Crippen LogP contribution in [0.3, 0.4) is 0 Å². The monoisotopic (exact) mass is 481 g/mol. The molecule has 0 radical (unpaired) electrons. The Morgan fingerprint density at radius 3 is 2.41 bits per heavy atom. The molecule has 4 rings (SSSR count). The standard InChI is InChI=1S/C25H24FN3O4S/c1-28-25(30)23-20-12-19(17-6-4-5-15(11-17)14-27)21(29(2)34(3,31)32)13-22(20)33-24(23)16-7-9-18(26)10-8-16/h4-13H,14,27H2,1-3H3,(H,28,30). The van der Waals surface area contributed by atoms with E-state index in [-0.39, 0.29) is 17.2 Å². The summed E-state index contributed by atoms with van der Waals surface area (Å²) in [6, 6.07) is 16.4. The number of anilines is 1. The summed E-state index contributed by atoms with van der Waals surface area (Å²) in [4.78, 5) is 12.9. The fourth-order valence-corrected chi connectivity index (χ4v) is 4.33. The van der Waals surface area contributed by atoms with Gasteiger partial charge in [0, 0.05) is 43.2 Å². The molecule has 0 aliphatic heterocycles. The Bertz CT molecular complexity index is 1490. The van der Waals surface area contributed by atoms with E-state index in [2.05, 4.69) is 5.32 Å². The third-order valence-electron chi connectivity index (χ3n) is 5.68. The van der Waals surface area contributed by atoms with Crippen LogP contribution in [0.1, 0.15) is 15.9 Å². The molecule has 0 fully saturated rings. The smallest absolute Gasteiger partial charge is 0.255 e. The topological polar surface area (TPSA) is 106 Å². The van der Waals surface area contributed by atoms with Crippen molar-refractivity contribution in [3.8, 4) is 22.5 Å². The molecule has 9 heteroatoms. The molecule has 0 saturated heterocycles. The summed E-state index contributed by atoms with van der Waals surface area (Å²) in [6.45, 7) is 0.317. The van der Waals surface area contributed by atoms with Crippen LogP contribution in [0.25, 0.3) is 33.4 Å². The zero-order valence-corrected chi connectivity index (χ0v) is 19.7. The van der Waals surface area contributed by atoms with Gasteiger partial charge in [-0.1, -0.05) is 18.2 Å². The van der Waals surface area contributed by atoms with Crippen LogP contribution in [0.5, 0.6) is 0 Å². The van der Waals surface area contributed by atoms with Crippen molar-refractivity contribution in [3.05, 3.63) is 77.6 Å². The lowest BCUT2D eigenvalue weighted by molar-refractivity contribution is 0.0964. The second kappa shape index (κ2) is 8.92. The van der Waals surface area contributed by atoms with E-state index in [0.717, 1.165) is 21.7 Å². The highest BCUT2D eigenvalue weighted by atomic mass is 32.2. The number of nitrogens with two attached hydrogens (primary N) is 1. The Morgan fingerprint density at radius 1 is 1.09 bits per heavy atom. The van der Waals surface area contributed by atoms with E-state index in [0.29, 0.717) is 34.3 Å². The fraction of sp³-hybridized carbons (Fsp3) is 0.160. The van der Waals surface area contributed by atoms with Crippen LogP contribution in [0.2, 0.25) is 0 Å². The van der Waals surface area contributed by atoms with Crippen LogP contribution in [-0.4, -0.2) is 34.7 Å². The predicted molar refractivity (Wildman–Crippen MR) is 132 cm³/mol. The summed E-state index contributed by atoms with van der Waals surface area (Å²) in [5.74, 6) is -0.542. The van der Waals surface area contributed by atoms with Gasteiger partial charge in [0.2, 0.25) is 10.0 Å². The van der Waals surface area contributed by atoms with Crippen LogP contribution < -0.4 is 15.4 Å². The molecule has 0 atom stereocenters. The van der Waals surface area contributed by atoms with E-state index in [9.17, 15) is 17.6 Å². The molecule has 0 spiro atoms. The summed E-state index contributed by atoms with van der Waals surface area (Å²) >= 11 is 0. The molecule has 0 unspecified atom stereocenters. The van der Waals surface area contributed by atoms with Crippen molar-refractivity contribution < 1.29 is 22.0 Å². The van der Waals surface area contributed by atoms with Crippen molar-refractivity contribution in [2.75, 3.05) is 24.7 Å². The van der Waals surface area contributed by atoms with Crippen molar-refractivity contribution in [2.45, 2.75) is 6.54 Å². The van der Waals surface area contributed by atoms with Gasteiger partial charge < -0.3 is 15.5 Å². The highest BCUT2D eigenvalue weighted by Crippen LogP contribution is 2.41. The van der Waals surface area contributed by atoms with Crippen LogP contribution in [0, 0.1) is 5.82 Å². The van der Waals surface area contributed by atoms with E-state index >= 15 is 0 Å². The predicted octanol–water partition coefficient (Wildman–Crippen LogP) is 4.12. The van der Waals surface area contributed by atoms with Crippen LogP contribution in [0.15, 0.2) is 65.1 Å². The zero-order valence-electron chi connectivity index (χ0n) is 18.9. The summed E-state index contributed by atoms with van der Waals surface area (Å²) in [5.41, 5.74) is 9.50. The highest BCUT2D eigenvalue weighted by molar-refractivity contribution is 7.92. The minimum Gasteiger partial charge on any atom is -0.455 e. The first-order valence-electron chi connectivity index (χ1n) is 10.5. The average molecular weight is 482 g/mol. The van der Waals surface area contributed by atoms with Gasteiger partial charge in [-0.25, -0.2) is 12.8 Å². The molecule has 0 aliphatic carbocycles. The van der Waals surface area contributed by atoms with Crippen LogP contribution in [-0.2, 0) is 16.6 Å². The summed E-state index contributed by atoms with van der Waals surface area (Å²) in [5, 5.41) is 3.12. The molecular weight excluding hydrogens is 457 g/mol. The van der Waals surface area contributed by atoms with E-state index < -0.39 is 15.8 Å². The van der Waals surface area contributed by atoms with Crippen LogP contribution in [0.4, 0.5) is 10.1 Å². The number of carbonyl (C=O) groups is 1. The van der Waals surface area contributed by atoms with Crippen molar-refractivity contribution in [2.24, 2.45) is 5.73 Å². The zero-order chi connectivity index (χ0) is 24.6. The SMILES string of the molecule is CNC(=O)c1c(-c2ccc(F)cc2)oc2cc(N(C)S(C)(=O)=O)c(-c3cccc(CN)c3)cc12. The number of halogens is 1. The van der Waals surface area contributed by atoms with E-state index in [1.54, 1.807) is 12.1 Å². The van der Waals surface area contributed by atoms with Gasteiger partial charge in [-0.3, -0.25) is 9.10 Å². The quantitative estimate of drug-likeness (QED) is 0.431. The average Bonchev–Trinajstić information content (AvgIpc) is 3.20. The van der Waals surface area contributed by atoms with Gasteiger partial charge in [0.1, 0.15) is 17.2 Å². The van der Waals surface area contributed by atoms with Crippen molar-refractivity contribution in [1.29, 1.82) is 0 Å². The molecule has 0 bridgehead atoms. The van der Waals surface area contributed by atoms with Gasteiger partial charge in [0.05, 0.1) is 17.5 Å². The molecule has 0 aliphatic rings. The number of nitrogens with zero attached hydrogens (tertiary/aromatic N) is 1. The first-order valence-corrected chi connectivity index (χ1v) is 12.3. The number of sulfonamides is 1. The number of furan rings is 1. The lowest BCUT2D eigenvalue weighted by atomic mass is 9.97. The maximum Gasteiger partial charge on any atom is 0.255 e. The van der Waals surface area contributed by atoms with Crippen molar-refractivity contribution >= 4 is 32.6 Å². The summed E-state index contributed by atoms with van der Waals surface area (Å²) in [6.07, 6.45) is 1.11. The number of benzene rings is 3. The van der Waals surface area contributed by atoms with Gasteiger partial charge in [0.15, 0.2) is 0 Å². The van der Waals surface area contributed by atoms with Crippen LogP contribution >= 0.6 is 0 Å². The normalized spacial score (nSPS) is 11.6. The molecule has 4 aromatic rings. The molecular formula is C25H24FN3O4S. The van der Waals surface area contributed by atoms with E-state index in [4.69, 9.17) is 10.2 Å². The Morgan fingerprint density at radius 2 is 1.79 bits per heavy atom. The number of hydrogen-bond donors (Lipinski definition) is 2. The Balaban J connectivity index is 2.08. The molecule has 1 amide bonds. The van der Waals surface area contributed by atoms with Gasteiger partial charge in [-0.2, -0.15) is 0 Å². The number of carbonyl (C=O) groups excluding carboxylic acids is 1. The molecule has 1 aromatic heterocycles. The molecule has 7 nitrogen and oxygen atoms in total. The molecule has 3 aromatic carbocycles. The number of fused-ring (bicyclic) bond motifs is 1. The van der Waals surface area contributed by atoms with Gasteiger partial charge in [-0.05, 0) is 47.5 Å². The molecule has 176 valence electrons. The Hall–Kier alpha value is -3.69. The number of nitrogens with one attached hydrogen (secondary N) is 1. The molecule has 1 heterocycles. The highest BCUT2D eigenvalue weighted by Gasteiger charge is 2.25. The van der Waals surface area contributed by atoms with E-state index in [1.807, 2.05) is 24.3 Å². The first kappa shape index (κ1) is 23.5. The van der Waals surface area contributed by atoms with Gasteiger partial charge >= 0.3 is 0 Å².